The van der Waals surface area contributed by atoms with Crippen molar-refractivity contribution in [3.63, 3.8) is 0 Å². The van der Waals surface area contributed by atoms with Crippen LogP contribution in [0.3, 0.4) is 0 Å². The van der Waals surface area contributed by atoms with Gasteiger partial charge in [0.15, 0.2) is 0 Å². The number of rotatable bonds is 3. The lowest BCUT2D eigenvalue weighted by molar-refractivity contribution is -0.136. The Hall–Kier alpha value is -1.97. The molecule has 3 nitrogen and oxygen atoms in total. The van der Waals surface area contributed by atoms with E-state index in [4.69, 9.17) is 5.11 Å². The quantitative estimate of drug-likeness (QED) is 0.886. The van der Waals surface area contributed by atoms with E-state index in [0.29, 0.717) is 22.9 Å². The highest BCUT2D eigenvalue weighted by atomic mass is 19.1. The second-order valence-corrected chi connectivity index (χ2v) is 4.00. The molecule has 1 heterocycles. The molecule has 0 radical (unpaired) electrons. The van der Waals surface area contributed by atoms with Crippen LogP contribution >= 0.6 is 0 Å². The number of hydrogen-bond donors (Lipinski definition) is 1. The summed E-state index contributed by atoms with van der Waals surface area (Å²) in [4.78, 5) is 14.6. The minimum Gasteiger partial charge on any atom is -0.481 e. The van der Waals surface area contributed by atoms with E-state index in [0.717, 1.165) is 5.69 Å². The lowest BCUT2D eigenvalue weighted by Gasteiger charge is -2.04. The zero-order chi connectivity index (χ0) is 12.4. The first-order chi connectivity index (χ1) is 8.06. The number of aryl methyl sites for hydroxylation is 2. The van der Waals surface area contributed by atoms with Gasteiger partial charge < -0.3 is 5.11 Å². The molecule has 0 aliphatic rings. The number of aliphatic carboxylic acids is 1. The third-order valence-electron chi connectivity index (χ3n) is 2.57. The van der Waals surface area contributed by atoms with Crippen LogP contribution in [0.2, 0.25) is 0 Å². The van der Waals surface area contributed by atoms with E-state index in [2.05, 4.69) is 4.98 Å². The summed E-state index contributed by atoms with van der Waals surface area (Å²) in [5.41, 5.74) is 1.78. The number of fused-ring (bicyclic) bond motifs is 1. The minimum absolute atomic E-state index is 0.00420. The highest BCUT2D eigenvalue weighted by Crippen LogP contribution is 2.19. The lowest BCUT2D eigenvalue weighted by Crippen LogP contribution is -1.98. The highest BCUT2D eigenvalue weighted by Gasteiger charge is 2.07. The molecular weight excluding hydrogens is 221 g/mol. The molecule has 0 fully saturated rings. The summed E-state index contributed by atoms with van der Waals surface area (Å²) in [6.07, 6.45) is 0.334. The number of hydrogen-bond acceptors (Lipinski definition) is 2. The van der Waals surface area contributed by atoms with Crippen molar-refractivity contribution >= 4 is 16.9 Å². The second kappa shape index (κ2) is 4.49. The summed E-state index contributed by atoms with van der Waals surface area (Å²) in [7, 11) is 0. The molecule has 2 aromatic rings. The average molecular weight is 233 g/mol. The van der Waals surface area contributed by atoms with Crippen molar-refractivity contribution in [2.24, 2.45) is 0 Å². The van der Waals surface area contributed by atoms with Crippen LogP contribution in [0.15, 0.2) is 24.3 Å². The number of carbonyl (C=O) groups is 1. The summed E-state index contributed by atoms with van der Waals surface area (Å²) >= 11 is 0. The Kier molecular flexibility index (Phi) is 3.04. The van der Waals surface area contributed by atoms with Gasteiger partial charge in [0.1, 0.15) is 11.3 Å². The van der Waals surface area contributed by atoms with Gasteiger partial charge >= 0.3 is 5.97 Å². The molecular formula is C13H12FNO2. The first-order valence-electron chi connectivity index (χ1n) is 5.34. The Morgan fingerprint density at radius 1 is 1.41 bits per heavy atom. The van der Waals surface area contributed by atoms with Gasteiger partial charge in [0.25, 0.3) is 0 Å². The van der Waals surface area contributed by atoms with Crippen LogP contribution in [0.5, 0.6) is 0 Å². The number of benzene rings is 1. The predicted molar refractivity (Wildman–Crippen MR) is 62.4 cm³/mol. The molecule has 1 aromatic carbocycles. The topological polar surface area (TPSA) is 50.2 Å². The third-order valence-corrected chi connectivity index (χ3v) is 2.57. The predicted octanol–water partition coefficient (Wildman–Crippen LogP) is 2.70. The Labute approximate surface area is 97.9 Å². The summed E-state index contributed by atoms with van der Waals surface area (Å²) < 4.78 is 13.7. The van der Waals surface area contributed by atoms with Gasteiger partial charge in [-0.25, -0.2) is 4.39 Å². The molecule has 0 unspecified atom stereocenters. The number of carboxylic acid groups (broad SMARTS) is 1. The van der Waals surface area contributed by atoms with E-state index in [1.54, 1.807) is 19.1 Å². The minimum atomic E-state index is -0.882. The molecule has 17 heavy (non-hydrogen) atoms. The van der Waals surface area contributed by atoms with Crippen LogP contribution in [-0.4, -0.2) is 16.1 Å². The van der Waals surface area contributed by atoms with E-state index in [-0.39, 0.29) is 6.42 Å². The van der Waals surface area contributed by atoms with E-state index in [1.165, 1.54) is 6.07 Å². The standard InChI is InChI=1S/C13H12FNO2/c1-8-2-4-10-6-9(3-5-12(16)17)7-11(14)13(10)15-8/h2,4,6-7H,3,5H2,1H3,(H,16,17). The van der Waals surface area contributed by atoms with E-state index >= 15 is 0 Å². The first-order valence-corrected chi connectivity index (χ1v) is 5.34. The fraction of sp³-hybridized carbons (Fsp3) is 0.231. The summed E-state index contributed by atoms with van der Waals surface area (Å²) in [5, 5.41) is 9.29. The van der Waals surface area contributed by atoms with Crippen molar-refractivity contribution in [2.75, 3.05) is 0 Å². The molecule has 4 heteroatoms. The van der Waals surface area contributed by atoms with Crippen LogP contribution in [0.4, 0.5) is 4.39 Å². The van der Waals surface area contributed by atoms with Crippen molar-refractivity contribution in [1.82, 2.24) is 4.98 Å². The van der Waals surface area contributed by atoms with Gasteiger partial charge in [0.2, 0.25) is 0 Å². The van der Waals surface area contributed by atoms with Gasteiger partial charge in [-0.3, -0.25) is 9.78 Å². The highest BCUT2D eigenvalue weighted by molar-refractivity contribution is 5.80. The largest absolute Gasteiger partial charge is 0.481 e. The lowest BCUT2D eigenvalue weighted by atomic mass is 10.1. The summed E-state index contributed by atoms with van der Waals surface area (Å²) in [5.74, 6) is -1.28. The van der Waals surface area contributed by atoms with Crippen LogP contribution < -0.4 is 0 Å². The number of carboxylic acids is 1. The van der Waals surface area contributed by atoms with E-state index in [1.807, 2.05) is 6.07 Å². The van der Waals surface area contributed by atoms with Crippen molar-refractivity contribution < 1.29 is 14.3 Å². The molecule has 0 bridgehead atoms. The molecule has 0 saturated heterocycles. The van der Waals surface area contributed by atoms with E-state index < -0.39 is 11.8 Å². The van der Waals surface area contributed by atoms with E-state index in [9.17, 15) is 9.18 Å². The molecule has 1 aromatic heterocycles. The maximum Gasteiger partial charge on any atom is 0.303 e. The number of pyridine rings is 1. The third kappa shape index (κ3) is 2.58. The van der Waals surface area contributed by atoms with Crippen molar-refractivity contribution in [2.45, 2.75) is 19.8 Å². The number of aromatic nitrogens is 1. The van der Waals surface area contributed by atoms with Gasteiger partial charge in [-0.2, -0.15) is 0 Å². The Morgan fingerprint density at radius 3 is 2.88 bits per heavy atom. The Balaban J connectivity index is 2.41. The normalized spacial score (nSPS) is 10.7. The maximum atomic E-state index is 13.7. The smallest absolute Gasteiger partial charge is 0.303 e. The molecule has 0 amide bonds. The van der Waals surface area contributed by atoms with Gasteiger partial charge in [-0.05, 0) is 37.1 Å². The van der Waals surface area contributed by atoms with Crippen molar-refractivity contribution in [3.8, 4) is 0 Å². The van der Waals surface area contributed by atoms with Gasteiger partial charge in [-0.1, -0.05) is 6.07 Å². The fourth-order valence-corrected chi connectivity index (χ4v) is 1.74. The molecule has 88 valence electrons. The van der Waals surface area contributed by atoms with Crippen LogP contribution in [-0.2, 0) is 11.2 Å². The Morgan fingerprint density at radius 2 is 2.18 bits per heavy atom. The summed E-state index contributed by atoms with van der Waals surface area (Å²) in [6, 6.07) is 6.75. The monoisotopic (exact) mass is 233 g/mol. The number of halogens is 1. The molecule has 0 spiro atoms. The van der Waals surface area contributed by atoms with Crippen LogP contribution in [0, 0.1) is 12.7 Å². The Bertz CT molecular complexity index is 581. The number of nitrogens with zero attached hydrogens (tertiary/aromatic N) is 1. The SMILES string of the molecule is Cc1ccc2cc(CCC(=O)O)cc(F)c2n1. The second-order valence-electron chi connectivity index (χ2n) is 4.00. The first kappa shape index (κ1) is 11.5. The molecule has 0 saturated carbocycles. The summed E-state index contributed by atoms with van der Waals surface area (Å²) in [6.45, 7) is 1.80. The zero-order valence-electron chi connectivity index (χ0n) is 9.40. The molecule has 1 N–H and O–H groups in total. The van der Waals surface area contributed by atoms with Crippen LogP contribution in [0.1, 0.15) is 17.7 Å². The maximum absolute atomic E-state index is 13.7. The van der Waals surface area contributed by atoms with Gasteiger partial charge in [0.05, 0.1) is 0 Å². The molecule has 0 aliphatic carbocycles. The average Bonchev–Trinajstić information content (AvgIpc) is 2.27. The fourth-order valence-electron chi connectivity index (χ4n) is 1.74. The molecule has 0 aliphatic heterocycles. The molecule has 0 atom stereocenters. The van der Waals surface area contributed by atoms with Crippen molar-refractivity contribution in [1.29, 1.82) is 0 Å². The molecule has 2 rings (SSSR count). The van der Waals surface area contributed by atoms with Crippen molar-refractivity contribution in [3.05, 3.63) is 41.3 Å². The van der Waals surface area contributed by atoms with Crippen LogP contribution in [0.25, 0.3) is 10.9 Å². The van der Waals surface area contributed by atoms with Gasteiger partial charge in [0, 0.05) is 17.5 Å². The zero-order valence-corrected chi connectivity index (χ0v) is 9.40. The van der Waals surface area contributed by atoms with Gasteiger partial charge in [-0.15, -0.1) is 0 Å².